The fourth-order valence-electron chi connectivity index (χ4n) is 3.94. The molecule has 0 fully saturated rings. The Hall–Kier alpha value is -3.71. The van der Waals surface area contributed by atoms with Crippen LogP contribution in [0.4, 0.5) is 10.5 Å². The van der Waals surface area contributed by atoms with Gasteiger partial charge in [0.15, 0.2) is 0 Å². The molecule has 1 atom stereocenters. The summed E-state index contributed by atoms with van der Waals surface area (Å²) in [6, 6.07) is 19.1. The lowest BCUT2D eigenvalue weighted by molar-refractivity contribution is 0.244. The van der Waals surface area contributed by atoms with Crippen molar-refractivity contribution in [3.63, 3.8) is 0 Å². The molecule has 6 nitrogen and oxygen atoms in total. The van der Waals surface area contributed by atoms with Gasteiger partial charge < -0.3 is 9.84 Å². The molecule has 2 aromatic heterocycles. The van der Waals surface area contributed by atoms with Gasteiger partial charge in [-0.3, -0.25) is 4.90 Å². The van der Waals surface area contributed by atoms with Crippen LogP contribution < -0.4 is 10.2 Å². The number of carbonyl (C=O) groups is 1. The zero-order valence-electron chi connectivity index (χ0n) is 18.0. The van der Waals surface area contributed by atoms with E-state index in [2.05, 4.69) is 36.5 Å². The molecular formula is C25H22N4O2S. The van der Waals surface area contributed by atoms with E-state index in [9.17, 15) is 4.79 Å². The molecule has 7 heteroatoms. The number of urea groups is 1. The number of carbonyl (C=O) groups excluding carboxylic acids is 1. The third-order valence-electron chi connectivity index (χ3n) is 5.76. The van der Waals surface area contributed by atoms with Crippen LogP contribution in [0.1, 0.15) is 35.5 Å². The maximum absolute atomic E-state index is 13.2. The predicted octanol–water partition coefficient (Wildman–Crippen LogP) is 6.12. The molecule has 0 bridgehead atoms. The maximum Gasteiger partial charge on any atom is 0.326 e. The van der Waals surface area contributed by atoms with E-state index in [0.717, 1.165) is 33.0 Å². The van der Waals surface area contributed by atoms with Crippen LogP contribution in [0.5, 0.6) is 0 Å². The van der Waals surface area contributed by atoms with Crippen LogP contribution >= 0.6 is 11.3 Å². The summed E-state index contributed by atoms with van der Waals surface area (Å²) in [6.07, 6.45) is 0. The summed E-state index contributed by atoms with van der Waals surface area (Å²) in [4.78, 5) is 20.5. The highest BCUT2D eigenvalue weighted by Crippen LogP contribution is 2.39. The van der Waals surface area contributed by atoms with Crippen molar-refractivity contribution in [2.24, 2.45) is 0 Å². The number of thiophene rings is 1. The van der Waals surface area contributed by atoms with Gasteiger partial charge >= 0.3 is 6.03 Å². The van der Waals surface area contributed by atoms with Gasteiger partial charge in [0.2, 0.25) is 5.82 Å². The first-order valence-corrected chi connectivity index (χ1v) is 11.2. The molecule has 2 amide bonds. The van der Waals surface area contributed by atoms with E-state index >= 15 is 0 Å². The van der Waals surface area contributed by atoms with Crippen molar-refractivity contribution in [1.29, 1.82) is 0 Å². The largest absolute Gasteiger partial charge is 0.334 e. The molecule has 1 unspecified atom stereocenters. The van der Waals surface area contributed by atoms with Crippen LogP contribution in [0.3, 0.4) is 0 Å². The molecule has 5 rings (SSSR count). The van der Waals surface area contributed by atoms with Crippen molar-refractivity contribution >= 4 is 28.6 Å². The average molecular weight is 443 g/mol. The number of benzene rings is 2. The molecule has 160 valence electrons. The zero-order chi connectivity index (χ0) is 22.2. The van der Waals surface area contributed by atoms with Crippen LogP contribution in [0.25, 0.3) is 16.3 Å². The number of nitrogens with one attached hydrogen (secondary N) is 1. The molecule has 32 heavy (non-hydrogen) atoms. The lowest BCUT2D eigenvalue weighted by Crippen LogP contribution is -2.46. The summed E-state index contributed by atoms with van der Waals surface area (Å²) >= 11 is 1.55. The number of amides is 2. The van der Waals surface area contributed by atoms with Crippen LogP contribution in [-0.4, -0.2) is 16.2 Å². The molecule has 0 spiro atoms. The number of para-hydroxylation sites is 1. The summed E-state index contributed by atoms with van der Waals surface area (Å²) in [6.45, 7) is 6.06. The Morgan fingerprint density at radius 1 is 1.00 bits per heavy atom. The van der Waals surface area contributed by atoms with Crippen LogP contribution in [0.2, 0.25) is 0 Å². The summed E-state index contributed by atoms with van der Waals surface area (Å²) in [5, 5.41) is 9.34. The van der Waals surface area contributed by atoms with Crippen molar-refractivity contribution in [3.8, 4) is 10.7 Å². The molecule has 0 aliphatic carbocycles. The van der Waals surface area contributed by atoms with E-state index < -0.39 is 6.04 Å². The first kappa shape index (κ1) is 20.2. The van der Waals surface area contributed by atoms with E-state index in [1.807, 2.05) is 60.8 Å². The smallest absolute Gasteiger partial charge is 0.326 e. The summed E-state index contributed by atoms with van der Waals surface area (Å²) in [7, 11) is 0. The second-order valence-electron chi connectivity index (χ2n) is 7.80. The summed E-state index contributed by atoms with van der Waals surface area (Å²) in [5.74, 6) is 0.937. The van der Waals surface area contributed by atoms with Gasteiger partial charge in [-0.05, 0) is 61.0 Å². The van der Waals surface area contributed by atoms with Gasteiger partial charge in [-0.2, -0.15) is 4.98 Å². The number of hydrogen-bond donors (Lipinski definition) is 1. The van der Waals surface area contributed by atoms with E-state index in [1.54, 1.807) is 16.2 Å². The van der Waals surface area contributed by atoms with Gasteiger partial charge in [-0.25, -0.2) is 4.79 Å². The third-order valence-corrected chi connectivity index (χ3v) is 6.63. The standard InChI is InChI=1S/C25H22N4O2S/c1-15-11-12-18(14-16(15)2)22-21(24-27-23(28-31-24)20-10-7-13-32-20)17(3)29(25(30)26-22)19-8-5-4-6-9-19/h4-14,22H,1-3H3,(H,26,30). The van der Waals surface area contributed by atoms with E-state index in [1.165, 1.54) is 5.56 Å². The SMILES string of the molecule is CC1=C(c2nc(-c3cccs3)no2)C(c2ccc(C)c(C)c2)NC(=O)N1c1ccccc1. The Labute approximate surface area is 190 Å². The minimum absolute atomic E-state index is 0.196. The highest BCUT2D eigenvalue weighted by molar-refractivity contribution is 7.13. The number of anilines is 1. The number of rotatable bonds is 4. The summed E-state index contributed by atoms with van der Waals surface area (Å²) < 4.78 is 5.73. The Morgan fingerprint density at radius 3 is 2.53 bits per heavy atom. The number of aryl methyl sites for hydroxylation is 2. The van der Waals surface area contributed by atoms with Crippen LogP contribution in [-0.2, 0) is 0 Å². The molecule has 1 aliphatic rings. The van der Waals surface area contributed by atoms with Crippen LogP contribution in [0.15, 0.2) is 76.3 Å². The van der Waals surface area contributed by atoms with E-state index in [0.29, 0.717) is 11.7 Å². The van der Waals surface area contributed by atoms with Gasteiger partial charge in [0.05, 0.1) is 22.2 Å². The first-order chi connectivity index (χ1) is 15.5. The molecule has 0 radical (unpaired) electrons. The Bertz CT molecular complexity index is 1310. The molecule has 0 saturated heterocycles. The lowest BCUT2D eigenvalue weighted by atomic mass is 9.92. The number of allylic oxidation sites excluding steroid dienone is 1. The fraction of sp³-hybridized carbons (Fsp3) is 0.160. The molecule has 0 saturated carbocycles. The average Bonchev–Trinajstić information content (AvgIpc) is 3.48. The van der Waals surface area contributed by atoms with Crippen molar-refractivity contribution in [2.45, 2.75) is 26.8 Å². The van der Waals surface area contributed by atoms with Crippen LogP contribution in [0, 0.1) is 13.8 Å². The molecule has 3 heterocycles. The predicted molar refractivity (Wildman–Crippen MR) is 126 cm³/mol. The Balaban J connectivity index is 1.68. The molecule has 4 aromatic rings. The molecule has 2 aromatic carbocycles. The third kappa shape index (κ3) is 3.50. The number of hydrogen-bond acceptors (Lipinski definition) is 5. The quantitative estimate of drug-likeness (QED) is 0.413. The molecule has 1 N–H and O–H groups in total. The zero-order valence-corrected chi connectivity index (χ0v) is 18.8. The minimum Gasteiger partial charge on any atom is -0.334 e. The second kappa shape index (κ2) is 8.09. The Morgan fingerprint density at radius 2 is 1.81 bits per heavy atom. The van der Waals surface area contributed by atoms with Gasteiger partial charge in [0, 0.05) is 5.70 Å². The normalized spacial score (nSPS) is 16.4. The van der Waals surface area contributed by atoms with Crippen molar-refractivity contribution in [1.82, 2.24) is 15.5 Å². The highest BCUT2D eigenvalue weighted by atomic mass is 32.1. The van der Waals surface area contributed by atoms with E-state index in [4.69, 9.17) is 9.51 Å². The second-order valence-corrected chi connectivity index (χ2v) is 8.74. The van der Waals surface area contributed by atoms with Crippen molar-refractivity contribution in [3.05, 3.63) is 94.3 Å². The van der Waals surface area contributed by atoms with Gasteiger partial charge in [-0.15, -0.1) is 11.3 Å². The number of aromatic nitrogens is 2. The van der Waals surface area contributed by atoms with E-state index in [-0.39, 0.29) is 6.03 Å². The topological polar surface area (TPSA) is 71.3 Å². The van der Waals surface area contributed by atoms with Crippen molar-refractivity contribution < 1.29 is 9.32 Å². The fourth-order valence-corrected chi connectivity index (χ4v) is 4.59. The number of nitrogens with zero attached hydrogens (tertiary/aromatic N) is 3. The van der Waals surface area contributed by atoms with Gasteiger partial charge in [0.25, 0.3) is 5.89 Å². The molecule has 1 aliphatic heterocycles. The summed E-state index contributed by atoms with van der Waals surface area (Å²) in [5.41, 5.74) is 5.64. The lowest BCUT2D eigenvalue weighted by Gasteiger charge is -2.35. The van der Waals surface area contributed by atoms with Gasteiger partial charge in [0.1, 0.15) is 0 Å². The Kier molecular flexibility index (Phi) is 5.11. The first-order valence-electron chi connectivity index (χ1n) is 10.3. The minimum atomic E-state index is -0.404. The van der Waals surface area contributed by atoms with Gasteiger partial charge in [-0.1, -0.05) is 47.6 Å². The molecular weight excluding hydrogens is 420 g/mol. The monoisotopic (exact) mass is 442 g/mol. The maximum atomic E-state index is 13.2. The van der Waals surface area contributed by atoms with Crippen molar-refractivity contribution in [2.75, 3.05) is 4.90 Å². The highest BCUT2D eigenvalue weighted by Gasteiger charge is 2.36.